The number of aryl methyl sites for hydroxylation is 1. The molecule has 0 atom stereocenters. The molecule has 1 heterocycles. The highest BCUT2D eigenvalue weighted by Crippen LogP contribution is 2.35. The molecule has 0 fully saturated rings. The maximum Gasteiger partial charge on any atom is 0.162 e. The molecule has 0 saturated heterocycles. The van der Waals surface area contributed by atoms with E-state index >= 15 is 0 Å². The predicted octanol–water partition coefficient (Wildman–Crippen LogP) is 2.45. The summed E-state index contributed by atoms with van der Waals surface area (Å²) in [6, 6.07) is 8.98. The van der Waals surface area contributed by atoms with Gasteiger partial charge >= 0.3 is 0 Å². The number of fused-ring (bicyclic) bond motifs is 1. The van der Waals surface area contributed by atoms with Crippen LogP contribution in [-0.2, 0) is 0 Å². The monoisotopic (exact) mass is 285 g/mol. The lowest BCUT2D eigenvalue weighted by Gasteiger charge is -2.10. The smallest absolute Gasteiger partial charge is 0.162 e. The number of rotatable bonds is 3. The van der Waals surface area contributed by atoms with E-state index in [-0.39, 0.29) is 5.75 Å². The van der Waals surface area contributed by atoms with Crippen molar-refractivity contribution in [3.8, 4) is 22.9 Å². The fraction of sp³-hybridized carbons (Fsp3) is 0.200. The molecule has 6 heteroatoms. The molecule has 0 amide bonds. The summed E-state index contributed by atoms with van der Waals surface area (Å²) in [7, 11) is 3.01. The van der Waals surface area contributed by atoms with Crippen molar-refractivity contribution in [1.29, 1.82) is 0 Å². The zero-order valence-corrected chi connectivity index (χ0v) is 12.0. The zero-order chi connectivity index (χ0) is 15.0. The van der Waals surface area contributed by atoms with E-state index in [1.165, 1.54) is 25.1 Å². The lowest BCUT2D eigenvalue weighted by Crippen LogP contribution is -2.02. The van der Waals surface area contributed by atoms with Gasteiger partial charge < -0.3 is 14.6 Å². The molecule has 0 aliphatic rings. The van der Waals surface area contributed by atoms with Gasteiger partial charge in [0.25, 0.3) is 0 Å². The van der Waals surface area contributed by atoms with Crippen LogP contribution in [0.15, 0.2) is 30.3 Å². The van der Waals surface area contributed by atoms with Crippen LogP contribution in [-0.4, -0.2) is 34.3 Å². The summed E-state index contributed by atoms with van der Waals surface area (Å²) in [5, 5.41) is 18.7. The number of phenols is 1. The highest BCUT2D eigenvalue weighted by atomic mass is 16.5. The van der Waals surface area contributed by atoms with Crippen molar-refractivity contribution >= 4 is 11.0 Å². The minimum Gasteiger partial charge on any atom is -0.504 e. The second kappa shape index (κ2) is 4.97. The van der Waals surface area contributed by atoms with Gasteiger partial charge in [0, 0.05) is 12.1 Å². The first-order valence-electron chi connectivity index (χ1n) is 6.41. The van der Waals surface area contributed by atoms with E-state index in [4.69, 9.17) is 9.47 Å². The number of aromatic nitrogens is 3. The van der Waals surface area contributed by atoms with Gasteiger partial charge in [-0.15, -0.1) is 15.0 Å². The van der Waals surface area contributed by atoms with Crippen LogP contribution < -0.4 is 9.47 Å². The Balaban J connectivity index is 2.21. The van der Waals surface area contributed by atoms with Crippen LogP contribution in [0.2, 0.25) is 0 Å². The summed E-state index contributed by atoms with van der Waals surface area (Å²) >= 11 is 0. The second-order valence-electron chi connectivity index (χ2n) is 4.68. The maximum atomic E-state index is 9.81. The van der Waals surface area contributed by atoms with Gasteiger partial charge in [0.2, 0.25) is 0 Å². The van der Waals surface area contributed by atoms with Crippen LogP contribution in [0.4, 0.5) is 0 Å². The molecule has 0 spiro atoms. The molecule has 108 valence electrons. The SMILES string of the molecule is COc1cc(-n2nc3ccc(C)cc3n2)c(OC)cc1O. The first-order chi connectivity index (χ1) is 10.1. The van der Waals surface area contributed by atoms with Crippen molar-refractivity contribution in [3.63, 3.8) is 0 Å². The Morgan fingerprint density at radius 1 is 0.952 bits per heavy atom. The molecule has 0 aliphatic carbocycles. The summed E-state index contributed by atoms with van der Waals surface area (Å²) in [6.45, 7) is 2.00. The van der Waals surface area contributed by atoms with Gasteiger partial charge in [0.1, 0.15) is 22.5 Å². The number of benzene rings is 2. The molecular weight excluding hydrogens is 270 g/mol. The van der Waals surface area contributed by atoms with Gasteiger partial charge in [-0.25, -0.2) is 0 Å². The molecule has 1 aromatic heterocycles. The fourth-order valence-corrected chi connectivity index (χ4v) is 2.15. The third-order valence-corrected chi connectivity index (χ3v) is 3.23. The fourth-order valence-electron chi connectivity index (χ4n) is 2.15. The Bertz CT molecular complexity index is 811. The van der Waals surface area contributed by atoms with Crippen LogP contribution in [0.25, 0.3) is 16.7 Å². The Morgan fingerprint density at radius 3 is 2.38 bits per heavy atom. The minimum absolute atomic E-state index is 0.00524. The van der Waals surface area contributed by atoms with E-state index in [0.717, 1.165) is 16.6 Å². The third-order valence-electron chi connectivity index (χ3n) is 3.23. The van der Waals surface area contributed by atoms with Crippen molar-refractivity contribution in [2.24, 2.45) is 0 Å². The topological polar surface area (TPSA) is 69.4 Å². The quantitative estimate of drug-likeness (QED) is 0.800. The molecule has 21 heavy (non-hydrogen) atoms. The van der Waals surface area contributed by atoms with Gasteiger partial charge in [0.05, 0.1) is 14.2 Å². The third kappa shape index (κ3) is 2.24. The highest BCUT2D eigenvalue weighted by Gasteiger charge is 2.14. The molecule has 0 aliphatic heterocycles. The van der Waals surface area contributed by atoms with Crippen LogP contribution >= 0.6 is 0 Å². The second-order valence-corrected chi connectivity index (χ2v) is 4.68. The van der Waals surface area contributed by atoms with Crippen molar-refractivity contribution in [2.75, 3.05) is 14.2 Å². The predicted molar refractivity (Wildman–Crippen MR) is 78.4 cm³/mol. The number of ether oxygens (including phenoxy) is 2. The molecule has 3 aromatic rings. The average molecular weight is 285 g/mol. The first-order valence-corrected chi connectivity index (χ1v) is 6.41. The lowest BCUT2D eigenvalue weighted by molar-refractivity contribution is 0.364. The molecule has 0 saturated carbocycles. The molecular formula is C15H15N3O3. The summed E-state index contributed by atoms with van der Waals surface area (Å²) in [6.07, 6.45) is 0. The van der Waals surface area contributed by atoms with E-state index in [0.29, 0.717) is 17.2 Å². The molecule has 3 rings (SSSR count). The summed E-state index contributed by atoms with van der Waals surface area (Å²) in [4.78, 5) is 1.48. The van der Waals surface area contributed by atoms with Crippen LogP contribution in [0.5, 0.6) is 17.2 Å². The Morgan fingerprint density at radius 2 is 1.67 bits per heavy atom. The van der Waals surface area contributed by atoms with Gasteiger partial charge in [0.15, 0.2) is 11.5 Å². The number of phenolic OH excluding ortho intramolecular Hbond substituents is 1. The maximum absolute atomic E-state index is 9.81. The number of hydrogen-bond acceptors (Lipinski definition) is 5. The molecule has 0 radical (unpaired) electrons. The summed E-state index contributed by atoms with van der Waals surface area (Å²) in [5.41, 5.74) is 3.30. The van der Waals surface area contributed by atoms with Crippen molar-refractivity contribution in [1.82, 2.24) is 15.0 Å². The molecule has 0 bridgehead atoms. The summed E-state index contributed by atoms with van der Waals surface area (Å²) in [5.74, 6) is 0.805. The zero-order valence-electron chi connectivity index (χ0n) is 12.0. The van der Waals surface area contributed by atoms with E-state index in [1.807, 2.05) is 25.1 Å². The van der Waals surface area contributed by atoms with Crippen LogP contribution in [0.3, 0.4) is 0 Å². The molecule has 0 unspecified atom stereocenters. The van der Waals surface area contributed by atoms with E-state index in [1.54, 1.807) is 6.07 Å². The number of aromatic hydroxyl groups is 1. The van der Waals surface area contributed by atoms with Crippen molar-refractivity contribution in [3.05, 3.63) is 35.9 Å². The normalized spacial score (nSPS) is 10.8. The minimum atomic E-state index is 0.00524. The summed E-state index contributed by atoms with van der Waals surface area (Å²) < 4.78 is 10.4. The Kier molecular flexibility index (Phi) is 3.13. The number of methoxy groups -OCH3 is 2. The first kappa shape index (κ1) is 13.2. The molecule has 1 N–H and O–H groups in total. The number of hydrogen-bond donors (Lipinski definition) is 1. The van der Waals surface area contributed by atoms with Crippen LogP contribution in [0.1, 0.15) is 5.56 Å². The van der Waals surface area contributed by atoms with E-state index < -0.39 is 0 Å². The van der Waals surface area contributed by atoms with Gasteiger partial charge in [-0.05, 0) is 24.6 Å². The van der Waals surface area contributed by atoms with Gasteiger partial charge in [-0.1, -0.05) is 6.07 Å². The van der Waals surface area contributed by atoms with Crippen molar-refractivity contribution < 1.29 is 14.6 Å². The number of nitrogens with zero attached hydrogens (tertiary/aromatic N) is 3. The standard InChI is InChI=1S/C15H15N3O3/c1-9-4-5-10-11(6-9)17-18(16-10)12-7-15(21-3)13(19)8-14(12)20-2/h4-8,19H,1-3H3. The van der Waals surface area contributed by atoms with Gasteiger partial charge in [-0.3, -0.25) is 0 Å². The largest absolute Gasteiger partial charge is 0.504 e. The molecule has 2 aromatic carbocycles. The Hall–Kier alpha value is -2.76. The Labute approximate surface area is 121 Å². The van der Waals surface area contributed by atoms with Crippen molar-refractivity contribution in [2.45, 2.75) is 6.92 Å². The van der Waals surface area contributed by atoms with E-state index in [9.17, 15) is 5.11 Å². The molecule has 6 nitrogen and oxygen atoms in total. The average Bonchev–Trinajstić information content (AvgIpc) is 2.89. The van der Waals surface area contributed by atoms with Crippen LogP contribution in [0, 0.1) is 6.92 Å². The lowest BCUT2D eigenvalue weighted by atomic mass is 10.2. The van der Waals surface area contributed by atoms with Gasteiger partial charge in [-0.2, -0.15) is 0 Å². The van der Waals surface area contributed by atoms with E-state index in [2.05, 4.69) is 10.2 Å². The highest BCUT2D eigenvalue weighted by molar-refractivity contribution is 5.75.